The van der Waals surface area contributed by atoms with Gasteiger partial charge in [-0.25, -0.2) is 0 Å². The molecule has 22 heavy (non-hydrogen) atoms. The van der Waals surface area contributed by atoms with Crippen LogP contribution in [0.5, 0.6) is 5.75 Å². The van der Waals surface area contributed by atoms with Crippen LogP contribution in [0.2, 0.25) is 5.02 Å². The van der Waals surface area contributed by atoms with E-state index in [0.717, 1.165) is 17.0 Å². The normalized spacial score (nSPS) is 16.4. The standard InChI is InChI=1S/C17H17ClN2O2/c1-20(15-5-3-2-4-6-15)19-17(21)13-9-12-10-14(18)7-8-16(12)22-11-13/h2-8,10,13H,9,11H2,1H3,(H,19,21)/t13-/m1/s1. The van der Waals surface area contributed by atoms with Crippen LogP contribution in [0.1, 0.15) is 5.56 Å². The molecule has 0 saturated carbocycles. The number of benzene rings is 2. The van der Waals surface area contributed by atoms with E-state index in [1.807, 2.05) is 49.5 Å². The minimum atomic E-state index is -0.225. The van der Waals surface area contributed by atoms with Crippen molar-refractivity contribution in [1.29, 1.82) is 0 Å². The predicted molar refractivity (Wildman–Crippen MR) is 87.1 cm³/mol. The first-order chi connectivity index (χ1) is 10.6. The van der Waals surface area contributed by atoms with Crippen molar-refractivity contribution in [1.82, 2.24) is 5.43 Å². The Morgan fingerprint density at radius 1 is 1.27 bits per heavy atom. The molecule has 0 aliphatic carbocycles. The fraction of sp³-hybridized carbons (Fsp3) is 0.235. The summed E-state index contributed by atoms with van der Waals surface area (Å²) < 4.78 is 5.66. The molecule has 0 unspecified atom stereocenters. The Balaban J connectivity index is 1.66. The summed E-state index contributed by atoms with van der Waals surface area (Å²) in [7, 11) is 1.82. The van der Waals surface area contributed by atoms with Gasteiger partial charge in [0.1, 0.15) is 12.4 Å². The number of amides is 1. The van der Waals surface area contributed by atoms with Gasteiger partial charge in [-0.3, -0.25) is 15.2 Å². The smallest absolute Gasteiger partial charge is 0.245 e. The van der Waals surface area contributed by atoms with E-state index in [2.05, 4.69) is 5.43 Å². The Morgan fingerprint density at radius 3 is 2.82 bits per heavy atom. The lowest BCUT2D eigenvalue weighted by molar-refractivity contribution is -0.126. The Bertz CT molecular complexity index is 676. The van der Waals surface area contributed by atoms with Crippen molar-refractivity contribution in [3.8, 4) is 5.75 Å². The van der Waals surface area contributed by atoms with E-state index in [-0.39, 0.29) is 11.8 Å². The van der Waals surface area contributed by atoms with Crippen molar-refractivity contribution in [3.05, 3.63) is 59.1 Å². The Hall–Kier alpha value is -2.20. The summed E-state index contributed by atoms with van der Waals surface area (Å²) in [5.74, 6) is 0.527. The third-order valence-electron chi connectivity index (χ3n) is 3.72. The highest BCUT2D eigenvalue weighted by molar-refractivity contribution is 6.30. The molecule has 5 heteroatoms. The fourth-order valence-corrected chi connectivity index (χ4v) is 2.70. The number of nitrogens with one attached hydrogen (secondary N) is 1. The number of hydrogen-bond donors (Lipinski definition) is 1. The molecule has 4 nitrogen and oxygen atoms in total. The molecule has 1 N–H and O–H groups in total. The van der Waals surface area contributed by atoms with Gasteiger partial charge in [-0.2, -0.15) is 0 Å². The van der Waals surface area contributed by atoms with Crippen LogP contribution in [-0.2, 0) is 11.2 Å². The van der Waals surface area contributed by atoms with Crippen molar-refractivity contribution < 1.29 is 9.53 Å². The molecule has 114 valence electrons. The maximum Gasteiger partial charge on any atom is 0.245 e. The van der Waals surface area contributed by atoms with Crippen LogP contribution in [0.3, 0.4) is 0 Å². The quantitative estimate of drug-likeness (QED) is 0.885. The van der Waals surface area contributed by atoms with Gasteiger partial charge in [-0.05, 0) is 42.3 Å². The molecule has 0 radical (unpaired) electrons. The zero-order chi connectivity index (χ0) is 15.5. The number of rotatable bonds is 3. The number of anilines is 1. The van der Waals surface area contributed by atoms with E-state index < -0.39 is 0 Å². The zero-order valence-corrected chi connectivity index (χ0v) is 13.0. The van der Waals surface area contributed by atoms with Gasteiger partial charge in [0.05, 0.1) is 11.6 Å². The number of carbonyl (C=O) groups excluding carboxylic acids is 1. The molecule has 0 saturated heterocycles. The number of halogens is 1. The number of para-hydroxylation sites is 1. The molecule has 0 fully saturated rings. The van der Waals surface area contributed by atoms with Crippen LogP contribution in [0, 0.1) is 5.92 Å². The average Bonchev–Trinajstić information content (AvgIpc) is 2.54. The SMILES string of the molecule is CN(NC(=O)[C@H]1COc2ccc(Cl)cc2C1)c1ccccc1. The predicted octanol–water partition coefficient (Wildman–Crippen LogP) is 3.06. The first-order valence-corrected chi connectivity index (χ1v) is 7.52. The highest BCUT2D eigenvalue weighted by Gasteiger charge is 2.26. The van der Waals surface area contributed by atoms with Gasteiger partial charge in [0.15, 0.2) is 0 Å². The number of hydrazine groups is 1. The molecule has 0 bridgehead atoms. The molecular formula is C17H17ClN2O2. The van der Waals surface area contributed by atoms with Crippen molar-refractivity contribution in [3.63, 3.8) is 0 Å². The minimum Gasteiger partial charge on any atom is -0.492 e. The maximum atomic E-state index is 12.4. The summed E-state index contributed by atoms with van der Waals surface area (Å²) in [5, 5.41) is 2.38. The average molecular weight is 317 g/mol. The van der Waals surface area contributed by atoms with Crippen LogP contribution in [-0.4, -0.2) is 19.6 Å². The van der Waals surface area contributed by atoms with Gasteiger partial charge >= 0.3 is 0 Å². The van der Waals surface area contributed by atoms with Gasteiger partial charge in [-0.1, -0.05) is 29.8 Å². The van der Waals surface area contributed by atoms with E-state index in [1.54, 1.807) is 11.1 Å². The highest BCUT2D eigenvalue weighted by atomic mass is 35.5. The molecule has 1 atom stereocenters. The van der Waals surface area contributed by atoms with Crippen LogP contribution in [0.15, 0.2) is 48.5 Å². The van der Waals surface area contributed by atoms with E-state index >= 15 is 0 Å². The number of ether oxygens (including phenoxy) is 1. The molecule has 1 amide bonds. The van der Waals surface area contributed by atoms with Gasteiger partial charge in [-0.15, -0.1) is 0 Å². The molecule has 2 aromatic carbocycles. The van der Waals surface area contributed by atoms with Gasteiger partial charge in [0, 0.05) is 12.1 Å². The van der Waals surface area contributed by atoms with E-state index in [0.29, 0.717) is 18.1 Å². The van der Waals surface area contributed by atoms with Crippen LogP contribution in [0.25, 0.3) is 0 Å². The number of carbonyl (C=O) groups is 1. The van der Waals surface area contributed by atoms with Crippen molar-refractivity contribution in [2.45, 2.75) is 6.42 Å². The molecule has 2 aromatic rings. The van der Waals surface area contributed by atoms with Crippen molar-refractivity contribution in [2.24, 2.45) is 5.92 Å². The van der Waals surface area contributed by atoms with Gasteiger partial charge < -0.3 is 4.74 Å². The lowest BCUT2D eigenvalue weighted by atomic mass is 9.96. The Labute approximate surface area is 134 Å². The summed E-state index contributed by atoms with van der Waals surface area (Å²) in [4.78, 5) is 12.4. The van der Waals surface area contributed by atoms with Crippen LogP contribution >= 0.6 is 11.6 Å². The summed E-state index contributed by atoms with van der Waals surface area (Å²) in [5.41, 5.74) is 4.79. The maximum absolute atomic E-state index is 12.4. The summed E-state index contributed by atoms with van der Waals surface area (Å²) in [6, 6.07) is 15.2. The van der Waals surface area contributed by atoms with Crippen molar-refractivity contribution in [2.75, 3.05) is 18.7 Å². The first kappa shape index (κ1) is 14.7. The second-order valence-corrected chi connectivity index (χ2v) is 5.77. The zero-order valence-electron chi connectivity index (χ0n) is 12.3. The van der Waals surface area contributed by atoms with Gasteiger partial charge in [0.2, 0.25) is 5.91 Å². The number of hydrogen-bond acceptors (Lipinski definition) is 3. The molecule has 1 aliphatic heterocycles. The molecular weight excluding hydrogens is 300 g/mol. The molecule has 0 aromatic heterocycles. The van der Waals surface area contributed by atoms with Gasteiger partial charge in [0.25, 0.3) is 0 Å². The van der Waals surface area contributed by atoms with Crippen molar-refractivity contribution >= 4 is 23.2 Å². The first-order valence-electron chi connectivity index (χ1n) is 7.14. The molecule has 1 heterocycles. The Kier molecular flexibility index (Phi) is 4.20. The van der Waals surface area contributed by atoms with Crippen LogP contribution in [0.4, 0.5) is 5.69 Å². The second kappa shape index (κ2) is 6.28. The van der Waals surface area contributed by atoms with E-state index in [1.165, 1.54) is 0 Å². The molecule has 0 spiro atoms. The largest absolute Gasteiger partial charge is 0.492 e. The fourth-order valence-electron chi connectivity index (χ4n) is 2.50. The molecule has 1 aliphatic rings. The lowest BCUT2D eigenvalue weighted by Crippen LogP contribution is -2.45. The summed E-state index contributed by atoms with van der Waals surface area (Å²) in [6.07, 6.45) is 0.629. The number of nitrogens with zero attached hydrogens (tertiary/aromatic N) is 1. The summed E-state index contributed by atoms with van der Waals surface area (Å²) >= 11 is 6.00. The summed E-state index contributed by atoms with van der Waals surface area (Å²) in [6.45, 7) is 0.378. The monoisotopic (exact) mass is 316 g/mol. The minimum absolute atomic E-state index is 0.0584. The third kappa shape index (κ3) is 3.17. The molecule has 3 rings (SSSR count). The topological polar surface area (TPSA) is 41.6 Å². The van der Waals surface area contributed by atoms with E-state index in [4.69, 9.17) is 16.3 Å². The highest BCUT2D eigenvalue weighted by Crippen LogP contribution is 2.29. The van der Waals surface area contributed by atoms with E-state index in [9.17, 15) is 4.79 Å². The second-order valence-electron chi connectivity index (χ2n) is 5.33. The Morgan fingerprint density at radius 2 is 2.05 bits per heavy atom. The lowest BCUT2D eigenvalue weighted by Gasteiger charge is -2.27. The third-order valence-corrected chi connectivity index (χ3v) is 3.96. The number of fused-ring (bicyclic) bond motifs is 1. The van der Waals surface area contributed by atoms with Crippen LogP contribution < -0.4 is 15.2 Å².